The van der Waals surface area contributed by atoms with E-state index in [9.17, 15) is 9.59 Å². The monoisotopic (exact) mass is 396 g/mol. The molecule has 0 saturated carbocycles. The fraction of sp³-hybridized carbons (Fsp3) is 0.304. The molecule has 0 unspecified atom stereocenters. The van der Waals surface area contributed by atoms with Crippen molar-refractivity contribution in [2.45, 2.75) is 20.3 Å². The topological polar surface area (TPSA) is 67.9 Å². The van der Waals surface area contributed by atoms with Gasteiger partial charge in [0.15, 0.2) is 18.1 Å². The Balaban J connectivity index is 1.92. The number of ether oxygens (including phenoxy) is 2. The number of anilines is 1. The van der Waals surface area contributed by atoms with Crippen LogP contribution in [-0.4, -0.2) is 44.0 Å². The van der Waals surface area contributed by atoms with Gasteiger partial charge in [0.05, 0.1) is 13.7 Å². The van der Waals surface area contributed by atoms with Gasteiger partial charge in [-0.3, -0.25) is 9.59 Å². The average molecular weight is 396 g/mol. The Morgan fingerprint density at radius 2 is 1.83 bits per heavy atom. The van der Waals surface area contributed by atoms with Crippen LogP contribution in [0.4, 0.5) is 5.69 Å². The predicted octanol–water partition coefficient (Wildman–Crippen LogP) is 3.52. The Hall–Kier alpha value is -3.28. The van der Waals surface area contributed by atoms with E-state index in [0.717, 1.165) is 22.4 Å². The fourth-order valence-electron chi connectivity index (χ4n) is 2.87. The number of para-hydroxylation sites is 1. The molecule has 29 heavy (non-hydrogen) atoms. The molecule has 0 saturated heterocycles. The van der Waals surface area contributed by atoms with Gasteiger partial charge in [0, 0.05) is 12.7 Å². The number of hydrogen-bond donors (Lipinski definition) is 1. The molecule has 2 aromatic carbocycles. The number of likely N-dealkylation sites (N-methyl/N-ethyl adjacent to an activating group) is 1. The first-order valence-corrected chi connectivity index (χ1v) is 9.36. The minimum absolute atomic E-state index is 0.0641. The molecule has 2 rings (SSSR count). The molecule has 0 heterocycles. The normalized spacial score (nSPS) is 10.2. The van der Waals surface area contributed by atoms with E-state index in [2.05, 4.69) is 11.9 Å². The first-order chi connectivity index (χ1) is 13.8. The zero-order chi connectivity index (χ0) is 21.4. The first kappa shape index (κ1) is 22.0. The number of carbonyl (C=O) groups excluding carboxylic acids is 2. The van der Waals surface area contributed by atoms with Gasteiger partial charge in [-0.2, -0.15) is 0 Å². The van der Waals surface area contributed by atoms with Crippen LogP contribution >= 0.6 is 0 Å². The molecule has 6 nitrogen and oxygen atoms in total. The van der Waals surface area contributed by atoms with Gasteiger partial charge in [-0.1, -0.05) is 30.3 Å². The highest BCUT2D eigenvalue weighted by molar-refractivity contribution is 5.95. The Labute approximate surface area is 172 Å². The molecule has 0 spiro atoms. The van der Waals surface area contributed by atoms with Crippen LogP contribution in [0.3, 0.4) is 0 Å². The van der Waals surface area contributed by atoms with Gasteiger partial charge in [-0.15, -0.1) is 6.58 Å². The van der Waals surface area contributed by atoms with E-state index >= 15 is 0 Å². The quantitative estimate of drug-likeness (QED) is 0.659. The van der Waals surface area contributed by atoms with Crippen LogP contribution in [0.1, 0.15) is 16.7 Å². The summed E-state index contributed by atoms with van der Waals surface area (Å²) in [7, 11) is 3.12. The van der Waals surface area contributed by atoms with Crippen molar-refractivity contribution in [1.29, 1.82) is 0 Å². The van der Waals surface area contributed by atoms with Crippen molar-refractivity contribution < 1.29 is 19.1 Å². The maximum Gasteiger partial charge on any atom is 0.260 e. The van der Waals surface area contributed by atoms with Crippen molar-refractivity contribution >= 4 is 17.5 Å². The molecule has 0 atom stereocenters. The van der Waals surface area contributed by atoms with Gasteiger partial charge in [0.2, 0.25) is 5.91 Å². The molecule has 0 aliphatic heterocycles. The summed E-state index contributed by atoms with van der Waals surface area (Å²) in [5, 5.41) is 2.87. The predicted molar refractivity (Wildman–Crippen MR) is 115 cm³/mol. The lowest BCUT2D eigenvalue weighted by molar-refractivity contribution is -0.135. The minimum Gasteiger partial charge on any atom is -0.493 e. The molecule has 154 valence electrons. The average Bonchev–Trinajstić information content (AvgIpc) is 2.69. The Morgan fingerprint density at radius 1 is 1.14 bits per heavy atom. The summed E-state index contributed by atoms with van der Waals surface area (Å²) in [5.41, 5.74) is 3.76. The van der Waals surface area contributed by atoms with Crippen LogP contribution in [-0.2, 0) is 16.0 Å². The van der Waals surface area contributed by atoms with Crippen LogP contribution in [0, 0.1) is 13.8 Å². The molecule has 0 fully saturated rings. The van der Waals surface area contributed by atoms with E-state index in [1.807, 2.05) is 44.2 Å². The number of hydrogen-bond acceptors (Lipinski definition) is 4. The third-order valence-electron chi connectivity index (χ3n) is 4.51. The molecule has 2 amide bonds. The summed E-state index contributed by atoms with van der Waals surface area (Å²) in [5.74, 6) is 0.457. The summed E-state index contributed by atoms with van der Waals surface area (Å²) in [4.78, 5) is 26.0. The number of nitrogens with one attached hydrogen (secondary N) is 1. The Bertz CT molecular complexity index is 872. The molecule has 1 N–H and O–H groups in total. The standard InChI is InChI=1S/C23H28N2O4/c1-6-8-18-11-12-19(20(13-18)28-5)29-15-22(27)25(4)14-21(26)24-23-16(2)9-7-10-17(23)3/h6-7,9-13H,1,8,14-15H2,2-5H3,(H,24,26). The van der Waals surface area contributed by atoms with Gasteiger partial charge in [0.1, 0.15) is 0 Å². The van der Waals surface area contributed by atoms with Crippen molar-refractivity contribution in [2.24, 2.45) is 0 Å². The Kier molecular flexibility index (Phi) is 7.83. The van der Waals surface area contributed by atoms with Crippen molar-refractivity contribution in [1.82, 2.24) is 4.90 Å². The number of carbonyl (C=O) groups is 2. The van der Waals surface area contributed by atoms with Crippen molar-refractivity contribution in [3.8, 4) is 11.5 Å². The molecular weight excluding hydrogens is 368 g/mol. The highest BCUT2D eigenvalue weighted by atomic mass is 16.5. The molecule has 0 aromatic heterocycles. The third-order valence-corrected chi connectivity index (χ3v) is 4.51. The van der Waals surface area contributed by atoms with Crippen LogP contribution in [0.15, 0.2) is 49.1 Å². The summed E-state index contributed by atoms with van der Waals surface area (Å²) >= 11 is 0. The van der Waals surface area contributed by atoms with E-state index in [1.165, 1.54) is 4.90 Å². The van der Waals surface area contributed by atoms with Crippen molar-refractivity contribution in [3.63, 3.8) is 0 Å². The van der Waals surface area contributed by atoms with Gasteiger partial charge >= 0.3 is 0 Å². The Morgan fingerprint density at radius 3 is 2.45 bits per heavy atom. The van der Waals surface area contributed by atoms with E-state index in [1.54, 1.807) is 26.3 Å². The lowest BCUT2D eigenvalue weighted by Crippen LogP contribution is -2.37. The lowest BCUT2D eigenvalue weighted by Gasteiger charge is -2.19. The van der Waals surface area contributed by atoms with Crippen molar-refractivity contribution in [3.05, 3.63) is 65.7 Å². The lowest BCUT2D eigenvalue weighted by atomic mass is 10.1. The second kappa shape index (κ2) is 10.3. The van der Waals surface area contributed by atoms with E-state index in [4.69, 9.17) is 9.47 Å². The summed E-state index contributed by atoms with van der Waals surface area (Å²) < 4.78 is 10.9. The molecule has 0 aliphatic rings. The third kappa shape index (κ3) is 6.10. The number of rotatable bonds is 9. The first-order valence-electron chi connectivity index (χ1n) is 9.36. The molecular formula is C23H28N2O4. The largest absolute Gasteiger partial charge is 0.493 e. The maximum absolute atomic E-state index is 12.4. The summed E-state index contributed by atoms with van der Waals surface area (Å²) in [6, 6.07) is 11.3. The summed E-state index contributed by atoms with van der Waals surface area (Å²) in [6.07, 6.45) is 2.52. The van der Waals surface area contributed by atoms with Crippen LogP contribution in [0.2, 0.25) is 0 Å². The second-order valence-electron chi connectivity index (χ2n) is 6.83. The van der Waals surface area contributed by atoms with Gasteiger partial charge < -0.3 is 19.7 Å². The van der Waals surface area contributed by atoms with Gasteiger partial charge in [-0.05, 0) is 49.1 Å². The highest BCUT2D eigenvalue weighted by Gasteiger charge is 2.16. The van der Waals surface area contributed by atoms with E-state index < -0.39 is 0 Å². The highest BCUT2D eigenvalue weighted by Crippen LogP contribution is 2.28. The number of aryl methyl sites for hydroxylation is 2. The van der Waals surface area contributed by atoms with Gasteiger partial charge in [-0.25, -0.2) is 0 Å². The molecule has 0 aliphatic carbocycles. The molecule has 2 aromatic rings. The zero-order valence-electron chi connectivity index (χ0n) is 17.5. The number of amides is 2. The maximum atomic E-state index is 12.4. The second-order valence-corrected chi connectivity index (χ2v) is 6.83. The van der Waals surface area contributed by atoms with Crippen LogP contribution in [0.5, 0.6) is 11.5 Å². The number of benzene rings is 2. The summed E-state index contributed by atoms with van der Waals surface area (Å²) in [6.45, 7) is 7.32. The minimum atomic E-state index is -0.307. The number of methoxy groups -OCH3 is 1. The fourth-order valence-corrected chi connectivity index (χ4v) is 2.87. The number of allylic oxidation sites excluding steroid dienone is 1. The molecule has 6 heteroatoms. The van der Waals surface area contributed by atoms with E-state index in [0.29, 0.717) is 17.9 Å². The zero-order valence-corrected chi connectivity index (χ0v) is 17.5. The van der Waals surface area contributed by atoms with Crippen LogP contribution in [0.25, 0.3) is 0 Å². The molecule has 0 radical (unpaired) electrons. The van der Waals surface area contributed by atoms with E-state index in [-0.39, 0.29) is 25.0 Å². The van der Waals surface area contributed by atoms with Crippen LogP contribution < -0.4 is 14.8 Å². The van der Waals surface area contributed by atoms with Gasteiger partial charge in [0.25, 0.3) is 5.91 Å². The molecule has 0 bridgehead atoms. The van der Waals surface area contributed by atoms with Crippen molar-refractivity contribution in [2.75, 3.05) is 32.6 Å². The smallest absolute Gasteiger partial charge is 0.260 e. The number of nitrogens with zero attached hydrogens (tertiary/aromatic N) is 1. The SMILES string of the molecule is C=CCc1ccc(OCC(=O)N(C)CC(=O)Nc2c(C)cccc2C)c(OC)c1.